The van der Waals surface area contributed by atoms with Gasteiger partial charge in [0.05, 0.1) is 6.42 Å². The molecule has 1 radical (unpaired) electrons. The topological polar surface area (TPSA) is 43.4 Å². The third-order valence-corrected chi connectivity index (χ3v) is 7.22. The van der Waals surface area contributed by atoms with E-state index in [1.54, 1.807) is 0 Å². The first-order chi connectivity index (χ1) is 17.2. The number of carbonyl (C=O) groups excluding carboxylic acids is 2. The normalized spacial score (nSPS) is 12.1. The number of carbonyl (C=O) groups is 1. The van der Waals surface area contributed by atoms with Gasteiger partial charge in [-0.05, 0) is 19.3 Å². The largest absolute Gasteiger partial charge is 0.462 e. The van der Waals surface area contributed by atoms with E-state index in [9.17, 15) is 9.59 Å². The molecule has 0 spiro atoms. The Labute approximate surface area is 219 Å². The molecule has 0 fully saturated rings. The predicted molar refractivity (Wildman–Crippen MR) is 152 cm³/mol. The van der Waals surface area contributed by atoms with Gasteiger partial charge < -0.3 is 4.74 Å². The molecule has 0 amide bonds. The van der Waals surface area contributed by atoms with Crippen molar-refractivity contribution in [1.82, 2.24) is 0 Å². The van der Waals surface area contributed by atoms with Crippen LogP contribution in [-0.4, -0.2) is 18.4 Å². The first-order valence-corrected chi connectivity index (χ1v) is 15.8. The number of ether oxygens (including phenoxy) is 1. The van der Waals surface area contributed by atoms with Gasteiger partial charge in [0.25, 0.3) is 0 Å². The molecule has 0 aliphatic carbocycles. The Morgan fingerprint density at radius 2 is 0.886 bits per heavy atom. The van der Waals surface area contributed by atoms with E-state index in [0.29, 0.717) is 6.42 Å². The van der Waals surface area contributed by atoms with Crippen LogP contribution in [0.4, 0.5) is 0 Å². The maximum atomic E-state index is 12.2. The van der Waals surface area contributed by atoms with Crippen molar-refractivity contribution in [2.24, 2.45) is 0 Å². The van der Waals surface area contributed by atoms with Crippen LogP contribution in [0.1, 0.15) is 187 Å². The van der Waals surface area contributed by atoms with Crippen molar-refractivity contribution in [3.05, 3.63) is 0 Å². The predicted octanol–water partition coefficient (Wildman–Crippen LogP) is 10.6. The second-order valence-electron chi connectivity index (χ2n) is 10.8. The van der Waals surface area contributed by atoms with Crippen molar-refractivity contribution in [3.8, 4) is 0 Å². The fraction of sp³-hybridized carbons (Fsp3) is 0.938. The Kier molecular flexibility index (Phi) is 28.6. The molecule has 0 heterocycles. The lowest BCUT2D eigenvalue weighted by Crippen LogP contribution is -2.18. The van der Waals surface area contributed by atoms with E-state index in [0.717, 1.165) is 25.7 Å². The smallest absolute Gasteiger partial charge is 0.306 e. The van der Waals surface area contributed by atoms with Crippen LogP contribution in [0, 0.1) is 0 Å². The first-order valence-electron chi connectivity index (χ1n) is 15.8. The maximum Gasteiger partial charge on any atom is 0.306 e. The second kappa shape index (κ2) is 29.4. The molecule has 0 aliphatic heterocycles. The molecule has 1 atom stereocenters. The molecular weight excluding hydrogens is 432 g/mol. The van der Waals surface area contributed by atoms with Gasteiger partial charge in [-0.3, -0.25) is 9.59 Å². The Balaban J connectivity index is 3.51. The van der Waals surface area contributed by atoms with E-state index in [4.69, 9.17) is 4.74 Å². The first kappa shape index (κ1) is 34.1. The molecule has 0 bridgehead atoms. The van der Waals surface area contributed by atoms with Crippen molar-refractivity contribution in [3.63, 3.8) is 0 Å². The van der Waals surface area contributed by atoms with E-state index >= 15 is 0 Å². The zero-order valence-electron chi connectivity index (χ0n) is 23.9. The molecule has 3 heteroatoms. The lowest BCUT2D eigenvalue weighted by Gasteiger charge is -2.15. The molecule has 0 aromatic rings. The van der Waals surface area contributed by atoms with Crippen molar-refractivity contribution in [1.29, 1.82) is 0 Å². The van der Waals surface area contributed by atoms with E-state index in [2.05, 4.69) is 13.8 Å². The Bertz CT molecular complexity index is 435. The molecule has 0 aromatic carbocycles. The minimum absolute atomic E-state index is 0.129. The summed E-state index contributed by atoms with van der Waals surface area (Å²) in [5.74, 6) is -0.129. The highest BCUT2D eigenvalue weighted by Gasteiger charge is 2.14. The molecule has 0 N–H and O–H groups in total. The molecule has 0 saturated carbocycles. The quantitative estimate of drug-likeness (QED) is 0.0768. The van der Waals surface area contributed by atoms with E-state index in [1.165, 1.54) is 135 Å². The van der Waals surface area contributed by atoms with Crippen LogP contribution < -0.4 is 0 Å². The molecular formula is C32H61O3. The average Bonchev–Trinajstić information content (AvgIpc) is 2.85. The molecule has 0 saturated heterocycles. The standard InChI is InChI=1S/C32H61O3/c1-3-5-7-9-11-13-14-15-16-17-18-20-22-24-26-28-32(34)35-31(29-30-33)27-25-23-21-19-12-10-8-6-4-2/h31H,3-29H2,1-2H3/t31-/m1/s1. The highest BCUT2D eigenvalue weighted by Crippen LogP contribution is 2.16. The van der Waals surface area contributed by atoms with Gasteiger partial charge in [-0.25, -0.2) is 0 Å². The van der Waals surface area contributed by atoms with E-state index < -0.39 is 0 Å². The van der Waals surface area contributed by atoms with Crippen molar-refractivity contribution < 1.29 is 14.3 Å². The average molecular weight is 494 g/mol. The molecule has 207 valence electrons. The minimum Gasteiger partial charge on any atom is -0.462 e. The number of hydrogen-bond acceptors (Lipinski definition) is 3. The van der Waals surface area contributed by atoms with Crippen LogP contribution in [0.2, 0.25) is 0 Å². The van der Waals surface area contributed by atoms with Crippen LogP contribution in [0.25, 0.3) is 0 Å². The molecule has 0 aromatic heterocycles. The third-order valence-electron chi connectivity index (χ3n) is 7.22. The number of unbranched alkanes of at least 4 members (excludes halogenated alkanes) is 22. The summed E-state index contributed by atoms with van der Waals surface area (Å²) in [7, 11) is 0. The van der Waals surface area contributed by atoms with Crippen LogP contribution in [0.3, 0.4) is 0 Å². The Morgan fingerprint density at radius 1 is 0.543 bits per heavy atom. The summed E-state index contributed by atoms with van der Waals surface area (Å²) in [6, 6.07) is 0. The Morgan fingerprint density at radius 3 is 1.26 bits per heavy atom. The van der Waals surface area contributed by atoms with Crippen LogP contribution in [0.15, 0.2) is 0 Å². The van der Waals surface area contributed by atoms with Gasteiger partial charge in [0, 0.05) is 6.42 Å². The highest BCUT2D eigenvalue weighted by atomic mass is 16.5. The molecule has 0 aliphatic rings. The summed E-state index contributed by atoms with van der Waals surface area (Å²) in [5, 5.41) is 0. The van der Waals surface area contributed by atoms with E-state index in [1.807, 2.05) is 6.29 Å². The SMILES string of the molecule is CCCCCCCCCCCCCCCCCC(=O)O[C@@H](C[C]=O)CCCCCCCCCCC. The Hall–Kier alpha value is -0.860. The van der Waals surface area contributed by atoms with Crippen LogP contribution in [-0.2, 0) is 14.3 Å². The summed E-state index contributed by atoms with van der Waals surface area (Å²) >= 11 is 0. The van der Waals surface area contributed by atoms with Crippen molar-refractivity contribution in [2.75, 3.05) is 0 Å². The maximum absolute atomic E-state index is 12.2. The van der Waals surface area contributed by atoms with Gasteiger partial charge in [-0.15, -0.1) is 0 Å². The second-order valence-corrected chi connectivity index (χ2v) is 10.8. The highest BCUT2D eigenvalue weighted by molar-refractivity contribution is 5.69. The molecule has 35 heavy (non-hydrogen) atoms. The van der Waals surface area contributed by atoms with Crippen molar-refractivity contribution in [2.45, 2.75) is 193 Å². The van der Waals surface area contributed by atoms with Gasteiger partial charge in [0.15, 0.2) is 0 Å². The van der Waals surface area contributed by atoms with Gasteiger partial charge in [0.2, 0.25) is 6.29 Å². The summed E-state index contributed by atoms with van der Waals surface area (Å²) in [6.45, 7) is 4.53. The summed E-state index contributed by atoms with van der Waals surface area (Å²) in [6.07, 6.45) is 34.5. The molecule has 3 nitrogen and oxygen atoms in total. The van der Waals surface area contributed by atoms with Gasteiger partial charge in [-0.2, -0.15) is 0 Å². The monoisotopic (exact) mass is 493 g/mol. The van der Waals surface area contributed by atoms with E-state index in [-0.39, 0.29) is 18.5 Å². The molecule has 0 unspecified atom stereocenters. The molecule has 0 rings (SSSR count). The number of esters is 1. The summed E-state index contributed by atoms with van der Waals surface area (Å²) in [4.78, 5) is 23.0. The lowest BCUT2D eigenvalue weighted by molar-refractivity contribution is -0.149. The third kappa shape index (κ3) is 27.6. The van der Waals surface area contributed by atoms with Gasteiger partial charge >= 0.3 is 5.97 Å². The summed E-state index contributed by atoms with van der Waals surface area (Å²) < 4.78 is 5.58. The fourth-order valence-electron chi connectivity index (χ4n) is 4.86. The van der Waals surface area contributed by atoms with Crippen molar-refractivity contribution >= 4 is 12.3 Å². The zero-order chi connectivity index (χ0) is 25.7. The summed E-state index contributed by atoms with van der Waals surface area (Å²) in [5.41, 5.74) is 0. The lowest BCUT2D eigenvalue weighted by atomic mass is 10.0. The zero-order valence-corrected chi connectivity index (χ0v) is 23.9. The number of hydrogen-bond donors (Lipinski definition) is 0. The van der Waals surface area contributed by atoms with Gasteiger partial charge in [-0.1, -0.05) is 155 Å². The van der Waals surface area contributed by atoms with Crippen LogP contribution in [0.5, 0.6) is 0 Å². The fourth-order valence-corrected chi connectivity index (χ4v) is 4.86. The van der Waals surface area contributed by atoms with Gasteiger partial charge in [0.1, 0.15) is 6.10 Å². The minimum atomic E-state index is -0.263. The number of rotatable bonds is 29. The van der Waals surface area contributed by atoms with Crippen LogP contribution >= 0.6 is 0 Å².